The standard InChI is InChI=1S/C10H16N4O4S/c1-10(2-4-11-5-3-10)14-19(17,18)7-6-12-9(16)13-8(7)15/h6,11,14H,2-5H2,1H3,(H2,12,13,15,16). The number of rotatable bonds is 3. The molecule has 0 saturated carbocycles. The quantitative estimate of drug-likeness (QED) is 0.538. The number of piperidine rings is 1. The topological polar surface area (TPSA) is 124 Å². The molecular weight excluding hydrogens is 272 g/mol. The van der Waals surface area contributed by atoms with Crippen molar-refractivity contribution in [2.75, 3.05) is 13.1 Å². The Bertz CT molecular complexity index is 669. The molecule has 1 aliphatic heterocycles. The lowest BCUT2D eigenvalue weighted by Crippen LogP contribution is -2.53. The van der Waals surface area contributed by atoms with Gasteiger partial charge in [0.1, 0.15) is 0 Å². The molecule has 0 unspecified atom stereocenters. The average molecular weight is 288 g/mol. The van der Waals surface area contributed by atoms with E-state index in [4.69, 9.17) is 0 Å². The molecule has 2 heterocycles. The maximum absolute atomic E-state index is 12.2. The lowest BCUT2D eigenvalue weighted by atomic mass is 9.92. The Morgan fingerprint density at radius 3 is 2.47 bits per heavy atom. The van der Waals surface area contributed by atoms with Crippen LogP contribution in [0.1, 0.15) is 19.8 Å². The van der Waals surface area contributed by atoms with E-state index >= 15 is 0 Å². The summed E-state index contributed by atoms with van der Waals surface area (Å²) in [5.41, 5.74) is -2.25. The Labute approximate surface area is 109 Å². The van der Waals surface area contributed by atoms with Crippen LogP contribution in [0.4, 0.5) is 0 Å². The van der Waals surface area contributed by atoms with Gasteiger partial charge in [-0.3, -0.25) is 9.78 Å². The third kappa shape index (κ3) is 3.11. The molecule has 19 heavy (non-hydrogen) atoms. The van der Waals surface area contributed by atoms with Gasteiger partial charge in [0, 0.05) is 11.7 Å². The highest BCUT2D eigenvalue weighted by Gasteiger charge is 2.33. The number of hydrogen-bond acceptors (Lipinski definition) is 5. The van der Waals surface area contributed by atoms with Crippen molar-refractivity contribution >= 4 is 10.0 Å². The Morgan fingerprint density at radius 1 is 1.26 bits per heavy atom. The van der Waals surface area contributed by atoms with Crippen LogP contribution >= 0.6 is 0 Å². The summed E-state index contributed by atoms with van der Waals surface area (Å²) in [5.74, 6) is 0. The highest BCUT2D eigenvalue weighted by molar-refractivity contribution is 7.89. The van der Waals surface area contributed by atoms with Gasteiger partial charge < -0.3 is 10.3 Å². The summed E-state index contributed by atoms with van der Waals surface area (Å²) in [5, 5.41) is 3.13. The normalized spacial score (nSPS) is 19.2. The van der Waals surface area contributed by atoms with E-state index in [1.54, 1.807) is 6.92 Å². The molecular formula is C10H16N4O4S. The highest BCUT2D eigenvalue weighted by atomic mass is 32.2. The predicted molar refractivity (Wildman–Crippen MR) is 68.5 cm³/mol. The number of aromatic nitrogens is 2. The van der Waals surface area contributed by atoms with Gasteiger partial charge in [0.15, 0.2) is 4.90 Å². The maximum Gasteiger partial charge on any atom is 0.325 e. The first-order valence-electron chi connectivity index (χ1n) is 5.89. The van der Waals surface area contributed by atoms with Crippen molar-refractivity contribution in [3.05, 3.63) is 27.0 Å². The third-order valence-corrected chi connectivity index (χ3v) is 4.81. The van der Waals surface area contributed by atoms with Crippen LogP contribution in [0.5, 0.6) is 0 Å². The number of nitrogens with one attached hydrogen (secondary N) is 4. The van der Waals surface area contributed by atoms with E-state index in [1.165, 1.54) is 0 Å². The molecule has 0 bridgehead atoms. The van der Waals surface area contributed by atoms with Crippen molar-refractivity contribution in [3.63, 3.8) is 0 Å². The van der Waals surface area contributed by atoms with E-state index in [0.29, 0.717) is 25.9 Å². The average Bonchev–Trinajstić information content (AvgIpc) is 2.27. The molecule has 1 aromatic rings. The fourth-order valence-electron chi connectivity index (χ4n) is 2.06. The molecule has 4 N–H and O–H groups in total. The van der Waals surface area contributed by atoms with E-state index in [-0.39, 0.29) is 0 Å². The molecule has 0 amide bonds. The molecule has 1 aromatic heterocycles. The van der Waals surface area contributed by atoms with Crippen molar-refractivity contribution in [2.45, 2.75) is 30.2 Å². The second-order valence-corrected chi connectivity index (χ2v) is 6.50. The fraction of sp³-hybridized carbons (Fsp3) is 0.600. The number of H-pyrrole nitrogens is 2. The Morgan fingerprint density at radius 2 is 1.89 bits per heavy atom. The van der Waals surface area contributed by atoms with Crippen molar-refractivity contribution in [2.24, 2.45) is 0 Å². The van der Waals surface area contributed by atoms with Gasteiger partial charge >= 0.3 is 5.69 Å². The molecule has 2 rings (SSSR count). The fourth-order valence-corrected chi connectivity index (χ4v) is 3.53. The summed E-state index contributed by atoms with van der Waals surface area (Å²) in [7, 11) is -3.96. The van der Waals surface area contributed by atoms with Gasteiger partial charge in [-0.05, 0) is 32.9 Å². The number of aromatic amines is 2. The minimum absolute atomic E-state index is 0.480. The van der Waals surface area contributed by atoms with Crippen molar-refractivity contribution in [1.29, 1.82) is 0 Å². The summed E-state index contributed by atoms with van der Waals surface area (Å²) >= 11 is 0. The van der Waals surface area contributed by atoms with E-state index in [9.17, 15) is 18.0 Å². The van der Waals surface area contributed by atoms with Crippen LogP contribution in [-0.4, -0.2) is 37.0 Å². The minimum atomic E-state index is -3.96. The first kappa shape index (κ1) is 14.0. The first-order chi connectivity index (χ1) is 8.82. The molecule has 1 saturated heterocycles. The molecule has 1 aliphatic rings. The largest absolute Gasteiger partial charge is 0.325 e. The van der Waals surface area contributed by atoms with Crippen LogP contribution in [0, 0.1) is 0 Å². The van der Waals surface area contributed by atoms with Crippen LogP contribution in [0.25, 0.3) is 0 Å². The van der Waals surface area contributed by atoms with E-state index < -0.39 is 31.7 Å². The zero-order valence-electron chi connectivity index (χ0n) is 10.4. The summed E-state index contributed by atoms with van der Waals surface area (Å²) in [4.78, 5) is 26.0. The summed E-state index contributed by atoms with van der Waals surface area (Å²) in [6, 6.07) is 0. The molecule has 9 heteroatoms. The van der Waals surface area contributed by atoms with Crippen molar-refractivity contribution in [1.82, 2.24) is 20.0 Å². The highest BCUT2D eigenvalue weighted by Crippen LogP contribution is 2.19. The van der Waals surface area contributed by atoms with Crippen LogP contribution in [0.2, 0.25) is 0 Å². The van der Waals surface area contributed by atoms with Gasteiger partial charge in [-0.15, -0.1) is 0 Å². The monoisotopic (exact) mass is 288 g/mol. The molecule has 0 atom stereocenters. The SMILES string of the molecule is CC1(NS(=O)(=O)c2c[nH]c(=O)[nH]c2=O)CCNCC1. The second-order valence-electron chi connectivity index (χ2n) is 4.85. The Hall–Kier alpha value is -1.45. The van der Waals surface area contributed by atoms with Gasteiger partial charge in [0.05, 0.1) is 0 Å². The predicted octanol–water partition coefficient (Wildman–Crippen LogP) is -1.52. The van der Waals surface area contributed by atoms with Gasteiger partial charge in [0.25, 0.3) is 5.56 Å². The zero-order chi connectivity index (χ0) is 14.1. The molecule has 0 aliphatic carbocycles. The number of sulfonamides is 1. The molecule has 0 spiro atoms. The van der Waals surface area contributed by atoms with Gasteiger partial charge in [-0.25, -0.2) is 17.9 Å². The van der Waals surface area contributed by atoms with Crippen LogP contribution < -0.4 is 21.3 Å². The van der Waals surface area contributed by atoms with Crippen LogP contribution in [-0.2, 0) is 10.0 Å². The molecule has 0 aromatic carbocycles. The van der Waals surface area contributed by atoms with E-state index in [2.05, 4.69) is 15.0 Å². The minimum Gasteiger partial charge on any atom is -0.317 e. The second kappa shape index (κ2) is 4.91. The van der Waals surface area contributed by atoms with Gasteiger partial charge in [-0.2, -0.15) is 0 Å². The van der Waals surface area contributed by atoms with Gasteiger partial charge in [-0.1, -0.05) is 0 Å². The Balaban J connectivity index is 2.32. The van der Waals surface area contributed by atoms with Crippen LogP contribution in [0.15, 0.2) is 20.7 Å². The lowest BCUT2D eigenvalue weighted by Gasteiger charge is -2.34. The van der Waals surface area contributed by atoms with Crippen molar-refractivity contribution < 1.29 is 8.42 Å². The van der Waals surface area contributed by atoms with Gasteiger partial charge in [0.2, 0.25) is 10.0 Å². The lowest BCUT2D eigenvalue weighted by molar-refractivity contribution is 0.307. The number of hydrogen-bond donors (Lipinski definition) is 4. The van der Waals surface area contributed by atoms with E-state index in [1.807, 2.05) is 4.98 Å². The Kier molecular flexibility index (Phi) is 3.61. The van der Waals surface area contributed by atoms with E-state index in [0.717, 1.165) is 6.20 Å². The van der Waals surface area contributed by atoms with Crippen molar-refractivity contribution in [3.8, 4) is 0 Å². The zero-order valence-corrected chi connectivity index (χ0v) is 11.3. The molecule has 0 radical (unpaired) electrons. The smallest absolute Gasteiger partial charge is 0.317 e. The third-order valence-electron chi connectivity index (χ3n) is 3.16. The summed E-state index contributed by atoms with van der Waals surface area (Å²) < 4.78 is 26.9. The molecule has 8 nitrogen and oxygen atoms in total. The summed E-state index contributed by atoms with van der Waals surface area (Å²) in [6.07, 6.45) is 2.18. The maximum atomic E-state index is 12.2. The van der Waals surface area contributed by atoms with Crippen LogP contribution in [0.3, 0.4) is 0 Å². The first-order valence-corrected chi connectivity index (χ1v) is 7.37. The molecule has 1 fully saturated rings. The molecule has 106 valence electrons. The summed E-state index contributed by atoms with van der Waals surface area (Å²) in [6.45, 7) is 3.22.